The summed E-state index contributed by atoms with van der Waals surface area (Å²) in [5, 5.41) is 8.20. The lowest BCUT2D eigenvalue weighted by Gasteiger charge is -1.79. The van der Waals surface area contributed by atoms with Crippen molar-refractivity contribution in [2.24, 2.45) is 0 Å². The van der Waals surface area contributed by atoms with E-state index < -0.39 is 0 Å². The molecule has 54 valence electrons. The van der Waals surface area contributed by atoms with Gasteiger partial charge in [0.15, 0.2) is 0 Å². The molecule has 3 nitrogen and oxygen atoms in total. The highest BCUT2D eigenvalue weighted by Crippen LogP contribution is 1.83. The lowest BCUT2D eigenvalue weighted by atomic mass is 10.5. The minimum Gasteiger partial charge on any atom is -0.245 e. The van der Waals surface area contributed by atoms with E-state index in [2.05, 4.69) is 9.97 Å². The van der Waals surface area contributed by atoms with Crippen LogP contribution in [0.4, 0.5) is 0 Å². The van der Waals surface area contributed by atoms with Crippen molar-refractivity contribution in [1.82, 2.24) is 9.97 Å². The molecule has 0 N–H and O–H groups in total. The molecule has 0 aliphatic heterocycles. The first-order chi connectivity index (χ1) is 3.93. The van der Waals surface area contributed by atoms with E-state index in [-0.39, 0.29) is 24.8 Å². The molecular weight excluding hydrogens is 173 g/mol. The largest absolute Gasteiger partial charge is 0.245 e. The van der Waals surface area contributed by atoms with Crippen molar-refractivity contribution >= 4 is 24.8 Å². The van der Waals surface area contributed by atoms with Crippen molar-refractivity contribution in [3.8, 4) is 6.07 Å². The lowest BCUT2D eigenvalue weighted by Crippen LogP contribution is -1.79. The van der Waals surface area contributed by atoms with Gasteiger partial charge in [-0.05, 0) is 6.07 Å². The highest BCUT2D eigenvalue weighted by Gasteiger charge is 1.82. The van der Waals surface area contributed by atoms with Crippen molar-refractivity contribution in [2.75, 3.05) is 0 Å². The maximum Gasteiger partial charge on any atom is 0.143 e. The van der Waals surface area contributed by atoms with Crippen molar-refractivity contribution in [3.63, 3.8) is 0 Å². The Morgan fingerprint density at radius 3 is 2.40 bits per heavy atom. The Kier molecular flexibility index (Phi) is 7.46. The highest BCUT2D eigenvalue weighted by molar-refractivity contribution is 5.85. The van der Waals surface area contributed by atoms with Gasteiger partial charge in [-0.1, -0.05) is 0 Å². The zero-order valence-corrected chi connectivity index (χ0v) is 6.52. The molecule has 0 saturated heterocycles. The Balaban J connectivity index is 0. The first-order valence-corrected chi connectivity index (χ1v) is 2.09. The van der Waals surface area contributed by atoms with Crippen LogP contribution in [0.3, 0.4) is 0 Å². The van der Waals surface area contributed by atoms with Crippen molar-refractivity contribution in [3.05, 3.63) is 24.3 Å². The predicted octanol–water partition coefficient (Wildman–Crippen LogP) is 1.19. The highest BCUT2D eigenvalue weighted by atomic mass is 35.5. The second-order valence-electron chi connectivity index (χ2n) is 1.21. The van der Waals surface area contributed by atoms with Crippen LogP contribution in [0, 0.1) is 11.3 Å². The molecule has 0 spiro atoms. The number of rotatable bonds is 0. The summed E-state index contributed by atoms with van der Waals surface area (Å²) in [6.07, 6.45) is 2.88. The molecule has 1 heterocycles. The number of nitriles is 1. The molecule has 10 heavy (non-hydrogen) atoms. The predicted molar refractivity (Wildman–Crippen MR) is 41.2 cm³/mol. The van der Waals surface area contributed by atoms with Gasteiger partial charge in [-0.3, -0.25) is 0 Å². The summed E-state index contributed by atoms with van der Waals surface area (Å²) in [6.45, 7) is 0. The molecule has 0 fully saturated rings. The first-order valence-electron chi connectivity index (χ1n) is 2.09. The smallest absolute Gasteiger partial charge is 0.143 e. The average Bonchev–Trinajstić information content (AvgIpc) is 1.90. The second-order valence-corrected chi connectivity index (χ2v) is 1.21. The molecular formula is C5H5Cl2N3. The molecule has 0 amide bonds. The average molecular weight is 178 g/mol. The maximum atomic E-state index is 8.20. The number of hydrogen-bond acceptors (Lipinski definition) is 3. The minimum atomic E-state index is 0. The van der Waals surface area contributed by atoms with E-state index in [4.69, 9.17) is 5.26 Å². The van der Waals surface area contributed by atoms with Crippen LogP contribution in [0.15, 0.2) is 18.6 Å². The van der Waals surface area contributed by atoms with Gasteiger partial charge in [0, 0.05) is 6.20 Å². The number of hydrogen-bond donors (Lipinski definition) is 0. The van der Waals surface area contributed by atoms with Crippen molar-refractivity contribution < 1.29 is 0 Å². The Morgan fingerprint density at radius 2 is 2.10 bits per heavy atom. The maximum absolute atomic E-state index is 8.20. The van der Waals surface area contributed by atoms with Gasteiger partial charge in [-0.15, -0.1) is 24.8 Å². The van der Waals surface area contributed by atoms with E-state index in [1.54, 1.807) is 6.07 Å². The fourth-order valence-electron chi connectivity index (χ4n) is 0.357. The summed E-state index contributed by atoms with van der Waals surface area (Å²) in [6, 6.07) is 3.43. The molecule has 1 aromatic rings. The molecule has 0 aromatic carbocycles. The van der Waals surface area contributed by atoms with E-state index in [9.17, 15) is 0 Å². The monoisotopic (exact) mass is 177 g/mol. The number of nitrogens with zero attached hydrogens (tertiary/aromatic N) is 3. The number of aromatic nitrogens is 2. The van der Waals surface area contributed by atoms with E-state index in [1.165, 1.54) is 12.5 Å². The van der Waals surface area contributed by atoms with Crippen LogP contribution in [0.25, 0.3) is 0 Å². The van der Waals surface area contributed by atoms with Gasteiger partial charge >= 0.3 is 0 Å². The third-order valence-electron chi connectivity index (χ3n) is 0.697. The van der Waals surface area contributed by atoms with Crippen LogP contribution in [0.1, 0.15) is 5.69 Å². The van der Waals surface area contributed by atoms with E-state index >= 15 is 0 Å². The summed E-state index contributed by atoms with van der Waals surface area (Å²) >= 11 is 0. The van der Waals surface area contributed by atoms with Gasteiger partial charge in [0.2, 0.25) is 0 Å². The summed E-state index contributed by atoms with van der Waals surface area (Å²) in [7, 11) is 0. The van der Waals surface area contributed by atoms with E-state index in [0.29, 0.717) is 5.69 Å². The quantitative estimate of drug-likeness (QED) is 0.599. The Morgan fingerprint density at radius 1 is 1.40 bits per heavy atom. The van der Waals surface area contributed by atoms with Gasteiger partial charge in [-0.2, -0.15) is 5.26 Å². The summed E-state index contributed by atoms with van der Waals surface area (Å²) in [5.41, 5.74) is 0.403. The third-order valence-corrected chi connectivity index (χ3v) is 0.697. The van der Waals surface area contributed by atoms with Crippen LogP contribution in [0.5, 0.6) is 0 Å². The van der Waals surface area contributed by atoms with Gasteiger partial charge in [-0.25, -0.2) is 9.97 Å². The molecule has 0 aliphatic rings. The summed E-state index contributed by atoms with van der Waals surface area (Å²) in [4.78, 5) is 7.26. The molecule has 0 bridgehead atoms. The van der Waals surface area contributed by atoms with Crippen LogP contribution in [-0.2, 0) is 0 Å². The summed E-state index contributed by atoms with van der Waals surface area (Å²) in [5.74, 6) is 0. The van der Waals surface area contributed by atoms with Crippen molar-refractivity contribution in [2.45, 2.75) is 0 Å². The molecule has 0 atom stereocenters. The second kappa shape index (κ2) is 6.27. The number of halogens is 2. The minimum absolute atomic E-state index is 0. The Hall–Kier alpha value is -0.850. The third kappa shape index (κ3) is 3.23. The standard InChI is InChI=1S/C5H3N3.2ClH/c6-3-5-1-2-7-4-8-5;;/h1-2,4H;2*1H. The van der Waals surface area contributed by atoms with Gasteiger partial charge < -0.3 is 0 Å². The lowest BCUT2D eigenvalue weighted by molar-refractivity contribution is 1.14. The molecule has 0 saturated carbocycles. The molecule has 1 aromatic heterocycles. The van der Waals surface area contributed by atoms with Crippen LogP contribution in [-0.4, -0.2) is 9.97 Å². The zero-order valence-electron chi connectivity index (χ0n) is 4.89. The summed E-state index contributed by atoms with van der Waals surface area (Å²) < 4.78 is 0. The molecule has 0 aliphatic carbocycles. The van der Waals surface area contributed by atoms with Crippen LogP contribution < -0.4 is 0 Å². The van der Waals surface area contributed by atoms with Gasteiger partial charge in [0.05, 0.1) is 0 Å². The molecule has 5 heteroatoms. The van der Waals surface area contributed by atoms with Gasteiger partial charge in [0.25, 0.3) is 0 Å². The van der Waals surface area contributed by atoms with Gasteiger partial charge in [0.1, 0.15) is 18.1 Å². The van der Waals surface area contributed by atoms with Crippen LogP contribution >= 0.6 is 24.8 Å². The molecule has 1 rings (SSSR count). The fourth-order valence-corrected chi connectivity index (χ4v) is 0.357. The Bertz CT molecular complexity index is 206. The van der Waals surface area contributed by atoms with Crippen LogP contribution in [0.2, 0.25) is 0 Å². The first kappa shape index (κ1) is 11.9. The SMILES string of the molecule is Cl.Cl.N#Cc1ccncn1. The van der Waals surface area contributed by atoms with Crippen molar-refractivity contribution in [1.29, 1.82) is 5.26 Å². The molecule has 0 radical (unpaired) electrons. The van der Waals surface area contributed by atoms with E-state index in [0.717, 1.165) is 0 Å². The Labute approximate surface area is 70.9 Å². The van der Waals surface area contributed by atoms with E-state index in [1.807, 2.05) is 6.07 Å². The zero-order chi connectivity index (χ0) is 5.82. The normalized spacial score (nSPS) is 6.30. The fraction of sp³-hybridized carbons (Fsp3) is 0. The topological polar surface area (TPSA) is 49.6 Å². The molecule has 0 unspecified atom stereocenters.